The van der Waals surface area contributed by atoms with Crippen LogP contribution in [0.1, 0.15) is 49.0 Å². The zero-order valence-corrected chi connectivity index (χ0v) is 19.8. The lowest BCUT2D eigenvalue weighted by Crippen LogP contribution is -2.36. The Hall–Kier alpha value is -2.38. The van der Waals surface area contributed by atoms with Crippen molar-refractivity contribution in [1.29, 1.82) is 0 Å². The molecule has 4 rings (SSSR count). The fraction of sp³-hybridized carbons (Fsp3) is 0.360. The first kappa shape index (κ1) is 22.8. The highest BCUT2D eigenvalue weighted by molar-refractivity contribution is 7.99. The van der Waals surface area contributed by atoms with Gasteiger partial charge in [0.15, 0.2) is 5.78 Å². The second kappa shape index (κ2) is 10.0. The molecule has 1 aliphatic heterocycles. The quantitative estimate of drug-likeness (QED) is 0.424. The predicted octanol–water partition coefficient (Wildman–Crippen LogP) is 5.55. The van der Waals surface area contributed by atoms with E-state index in [9.17, 15) is 14.0 Å². The number of Topliss-reactive ketones (excluding diaryl/α,β-unsaturated/α-hetero) is 1. The summed E-state index contributed by atoms with van der Waals surface area (Å²) in [4.78, 5) is 27.7. The van der Waals surface area contributed by atoms with Crippen LogP contribution in [0.3, 0.4) is 0 Å². The maximum atomic E-state index is 14.2. The number of ketones is 1. The first-order valence-corrected chi connectivity index (χ1v) is 12.8. The summed E-state index contributed by atoms with van der Waals surface area (Å²) in [5.41, 5.74) is 3.02. The second-order valence-electron chi connectivity index (χ2n) is 7.92. The molecular formula is C25H26FNO3S2. The Kier molecular flexibility index (Phi) is 7.16. The van der Waals surface area contributed by atoms with Crippen LogP contribution in [-0.4, -0.2) is 29.9 Å². The molecule has 1 N–H and O–H groups in total. The van der Waals surface area contributed by atoms with Gasteiger partial charge >= 0.3 is 5.97 Å². The van der Waals surface area contributed by atoms with Gasteiger partial charge in [0, 0.05) is 45.9 Å². The van der Waals surface area contributed by atoms with Crippen LogP contribution in [0.5, 0.6) is 0 Å². The van der Waals surface area contributed by atoms with Gasteiger partial charge in [-0.25, -0.2) is 9.18 Å². The van der Waals surface area contributed by atoms with E-state index in [1.807, 2.05) is 18.4 Å². The van der Waals surface area contributed by atoms with Crippen LogP contribution < -0.4 is 5.32 Å². The van der Waals surface area contributed by atoms with Gasteiger partial charge in [-0.2, -0.15) is 11.8 Å². The van der Waals surface area contributed by atoms with Gasteiger partial charge in [0.2, 0.25) is 0 Å². The number of ether oxygens (including phenoxy) is 1. The zero-order chi connectivity index (χ0) is 22.7. The van der Waals surface area contributed by atoms with Gasteiger partial charge in [0.05, 0.1) is 5.57 Å². The molecule has 0 amide bonds. The highest BCUT2D eigenvalue weighted by Crippen LogP contribution is 2.46. The number of thiophene rings is 1. The van der Waals surface area contributed by atoms with Crippen molar-refractivity contribution in [3.63, 3.8) is 0 Å². The average Bonchev–Trinajstić information content (AvgIpc) is 3.30. The van der Waals surface area contributed by atoms with E-state index in [4.69, 9.17) is 4.74 Å². The maximum absolute atomic E-state index is 14.2. The first-order valence-electron chi connectivity index (χ1n) is 10.8. The van der Waals surface area contributed by atoms with Crippen LogP contribution in [0.4, 0.5) is 4.39 Å². The van der Waals surface area contributed by atoms with Gasteiger partial charge in [-0.05, 0) is 48.2 Å². The number of allylic oxidation sites excluding steroid dienone is 3. The summed E-state index contributed by atoms with van der Waals surface area (Å²) < 4.78 is 19.7. The highest BCUT2D eigenvalue weighted by Gasteiger charge is 2.41. The number of hydrogen-bond acceptors (Lipinski definition) is 6. The van der Waals surface area contributed by atoms with Crippen LogP contribution in [-0.2, 0) is 14.3 Å². The fourth-order valence-corrected chi connectivity index (χ4v) is 5.79. The Morgan fingerprint density at radius 2 is 2.12 bits per heavy atom. The van der Waals surface area contributed by atoms with Gasteiger partial charge in [0.1, 0.15) is 12.4 Å². The van der Waals surface area contributed by atoms with Crippen molar-refractivity contribution in [2.75, 3.05) is 18.1 Å². The van der Waals surface area contributed by atoms with Crippen LogP contribution in [0.2, 0.25) is 0 Å². The molecule has 32 heavy (non-hydrogen) atoms. The molecule has 2 atom stereocenters. The number of hydrogen-bond donors (Lipinski definition) is 1. The average molecular weight is 472 g/mol. The predicted molar refractivity (Wildman–Crippen MR) is 127 cm³/mol. The van der Waals surface area contributed by atoms with Gasteiger partial charge in [-0.1, -0.05) is 25.1 Å². The number of benzene rings is 1. The Bertz CT molecular complexity index is 1070. The van der Waals surface area contributed by atoms with Crippen LogP contribution >= 0.6 is 23.1 Å². The van der Waals surface area contributed by atoms with E-state index in [1.165, 1.54) is 17.0 Å². The summed E-state index contributed by atoms with van der Waals surface area (Å²) >= 11 is 3.34. The van der Waals surface area contributed by atoms with Gasteiger partial charge in [0.25, 0.3) is 0 Å². The summed E-state index contributed by atoms with van der Waals surface area (Å²) in [5, 5.41) is 5.35. The van der Waals surface area contributed by atoms with E-state index in [0.717, 1.165) is 11.4 Å². The van der Waals surface area contributed by atoms with E-state index < -0.39 is 17.7 Å². The Balaban J connectivity index is 1.71. The molecule has 0 unspecified atom stereocenters. The van der Waals surface area contributed by atoms with Gasteiger partial charge in [-0.3, -0.25) is 4.79 Å². The van der Waals surface area contributed by atoms with Gasteiger partial charge < -0.3 is 10.1 Å². The molecular weight excluding hydrogens is 445 g/mol. The molecule has 2 aromatic rings. The van der Waals surface area contributed by atoms with Crippen molar-refractivity contribution >= 4 is 34.9 Å². The molecule has 1 aromatic heterocycles. The lowest BCUT2D eigenvalue weighted by Gasteiger charge is -2.36. The van der Waals surface area contributed by atoms with Crippen LogP contribution in [0.25, 0.3) is 0 Å². The zero-order valence-electron chi connectivity index (χ0n) is 18.2. The number of halogens is 1. The minimum Gasteiger partial charge on any atom is -0.461 e. The topological polar surface area (TPSA) is 55.4 Å². The minimum absolute atomic E-state index is 0.00857. The summed E-state index contributed by atoms with van der Waals surface area (Å²) in [6.07, 6.45) is 1.06. The molecule has 168 valence electrons. The minimum atomic E-state index is -0.634. The maximum Gasteiger partial charge on any atom is 0.336 e. The molecule has 7 heteroatoms. The Morgan fingerprint density at radius 3 is 2.84 bits per heavy atom. The van der Waals surface area contributed by atoms with Gasteiger partial charge in [-0.15, -0.1) is 11.3 Å². The van der Waals surface area contributed by atoms with E-state index >= 15 is 0 Å². The number of thioether (sulfide) groups is 1. The third-order valence-electron chi connectivity index (χ3n) is 5.84. The van der Waals surface area contributed by atoms with E-state index in [2.05, 4.69) is 18.3 Å². The number of rotatable bonds is 7. The molecule has 0 bridgehead atoms. The summed E-state index contributed by atoms with van der Waals surface area (Å²) in [7, 11) is 0. The van der Waals surface area contributed by atoms with E-state index in [1.54, 1.807) is 35.2 Å². The molecule has 2 heterocycles. The third-order valence-corrected chi connectivity index (χ3v) is 7.74. The van der Waals surface area contributed by atoms with Crippen molar-refractivity contribution in [3.05, 3.63) is 80.6 Å². The molecule has 1 aromatic carbocycles. The number of esters is 1. The summed E-state index contributed by atoms with van der Waals surface area (Å²) in [6, 6.07) is 10.2. The smallest absolute Gasteiger partial charge is 0.336 e. The number of carbonyl (C=O) groups is 2. The third kappa shape index (κ3) is 4.69. The van der Waals surface area contributed by atoms with Crippen molar-refractivity contribution in [1.82, 2.24) is 5.32 Å². The molecule has 0 fully saturated rings. The molecule has 0 saturated heterocycles. The van der Waals surface area contributed by atoms with Crippen molar-refractivity contribution < 1.29 is 18.7 Å². The molecule has 2 aliphatic rings. The number of carbonyl (C=O) groups excluding carboxylic acids is 2. The largest absolute Gasteiger partial charge is 0.461 e. The number of nitrogens with one attached hydrogen (secondary N) is 1. The monoisotopic (exact) mass is 471 g/mol. The van der Waals surface area contributed by atoms with Crippen LogP contribution in [0, 0.1) is 5.82 Å². The van der Waals surface area contributed by atoms with E-state index in [-0.39, 0.29) is 11.7 Å². The van der Waals surface area contributed by atoms with Crippen molar-refractivity contribution in [3.8, 4) is 0 Å². The summed E-state index contributed by atoms with van der Waals surface area (Å²) in [6.45, 7) is 4.17. The van der Waals surface area contributed by atoms with E-state index in [0.29, 0.717) is 47.6 Å². The SMILES string of the molecule is CCSCCOC(=O)C1=C(C)NC2=C(C(=O)C[C@H](c3cccs3)C2)[C@H]1c1cccc(F)c1. The molecule has 0 radical (unpaired) electrons. The lowest BCUT2D eigenvalue weighted by molar-refractivity contribution is -0.138. The molecule has 0 spiro atoms. The van der Waals surface area contributed by atoms with Crippen LogP contribution in [0.15, 0.2) is 64.3 Å². The second-order valence-corrected chi connectivity index (χ2v) is 10.3. The molecule has 0 saturated carbocycles. The lowest BCUT2D eigenvalue weighted by atomic mass is 9.72. The fourth-order valence-electron chi connectivity index (χ4n) is 4.47. The Labute approximate surface area is 195 Å². The van der Waals surface area contributed by atoms with Crippen molar-refractivity contribution in [2.45, 2.75) is 38.5 Å². The molecule has 4 nitrogen and oxygen atoms in total. The standard InChI is InChI=1S/C25H26FNO3S2/c1-3-31-11-9-30-25(29)22-15(2)27-19-13-17(21-8-5-10-32-21)14-20(28)24(19)23(22)16-6-4-7-18(26)12-16/h4-8,10,12,17,23,27H,3,9,11,13-14H2,1-2H3/t17-,23+/m1/s1. The number of dihydropyridines is 1. The summed E-state index contributed by atoms with van der Waals surface area (Å²) in [5.74, 6) is 0.267. The molecule has 1 aliphatic carbocycles. The normalized spacial score (nSPS) is 20.8. The highest BCUT2D eigenvalue weighted by atomic mass is 32.2. The van der Waals surface area contributed by atoms with Crippen molar-refractivity contribution in [2.24, 2.45) is 0 Å². The Morgan fingerprint density at radius 1 is 1.28 bits per heavy atom. The first-order chi connectivity index (χ1) is 15.5.